The molecule has 1 unspecified atom stereocenters. The SMILES string of the molecule is CC(NCc1cccc2ccccc12)c1cccc(F)c1. The first-order valence-corrected chi connectivity index (χ1v) is 7.19. The number of hydrogen-bond donors (Lipinski definition) is 1. The second kappa shape index (κ2) is 6.06. The summed E-state index contributed by atoms with van der Waals surface area (Å²) in [4.78, 5) is 0. The number of hydrogen-bond acceptors (Lipinski definition) is 1. The van der Waals surface area contributed by atoms with Gasteiger partial charge in [-0.1, -0.05) is 54.6 Å². The number of benzene rings is 3. The second-order valence-electron chi connectivity index (χ2n) is 5.30. The zero-order valence-electron chi connectivity index (χ0n) is 12.0. The topological polar surface area (TPSA) is 12.0 Å². The van der Waals surface area contributed by atoms with E-state index in [1.165, 1.54) is 22.4 Å². The van der Waals surface area contributed by atoms with Gasteiger partial charge in [-0.05, 0) is 41.0 Å². The molecule has 3 aromatic carbocycles. The van der Waals surface area contributed by atoms with E-state index < -0.39 is 0 Å². The summed E-state index contributed by atoms with van der Waals surface area (Å²) in [5.74, 6) is -0.189. The van der Waals surface area contributed by atoms with Gasteiger partial charge in [-0.25, -0.2) is 4.39 Å². The monoisotopic (exact) mass is 279 g/mol. The Hall–Kier alpha value is -2.19. The number of rotatable bonds is 4. The number of nitrogens with one attached hydrogen (secondary N) is 1. The van der Waals surface area contributed by atoms with Crippen molar-refractivity contribution in [2.45, 2.75) is 19.5 Å². The van der Waals surface area contributed by atoms with Crippen LogP contribution in [0.5, 0.6) is 0 Å². The lowest BCUT2D eigenvalue weighted by molar-refractivity contribution is 0.566. The van der Waals surface area contributed by atoms with Gasteiger partial charge < -0.3 is 5.32 Å². The summed E-state index contributed by atoms with van der Waals surface area (Å²) in [6.45, 7) is 2.82. The summed E-state index contributed by atoms with van der Waals surface area (Å²) in [6, 6.07) is 21.6. The van der Waals surface area contributed by atoms with Crippen LogP contribution in [-0.4, -0.2) is 0 Å². The largest absolute Gasteiger partial charge is 0.306 e. The quantitative estimate of drug-likeness (QED) is 0.721. The first kappa shape index (κ1) is 13.8. The van der Waals surface area contributed by atoms with Gasteiger partial charge in [0.25, 0.3) is 0 Å². The molecule has 21 heavy (non-hydrogen) atoms. The predicted molar refractivity (Wildman–Crippen MR) is 85.6 cm³/mol. The van der Waals surface area contributed by atoms with Crippen molar-refractivity contribution in [3.05, 3.63) is 83.7 Å². The third-order valence-electron chi connectivity index (χ3n) is 3.83. The smallest absolute Gasteiger partial charge is 0.123 e. The molecule has 2 heteroatoms. The predicted octanol–water partition coefficient (Wildman–Crippen LogP) is 4.83. The van der Waals surface area contributed by atoms with Crippen LogP contribution in [0.1, 0.15) is 24.1 Å². The molecule has 3 rings (SSSR count). The van der Waals surface area contributed by atoms with Crippen molar-refractivity contribution >= 4 is 10.8 Å². The fourth-order valence-corrected chi connectivity index (χ4v) is 2.60. The van der Waals surface area contributed by atoms with Crippen molar-refractivity contribution in [3.8, 4) is 0 Å². The van der Waals surface area contributed by atoms with Crippen molar-refractivity contribution < 1.29 is 4.39 Å². The van der Waals surface area contributed by atoms with E-state index in [4.69, 9.17) is 0 Å². The van der Waals surface area contributed by atoms with Crippen LogP contribution in [0.3, 0.4) is 0 Å². The van der Waals surface area contributed by atoms with Crippen molar-refractivity contribution in [3.63, 3.8) is 0 Å². The molecule has 0 aromatic heterocycles. The van der Waals surface area contributed by atoms with Gasteiger partial charge in [0, 0.05) is 12.6 Å². The van der Waals surface area contributed by atoms with E-state index in [0.717, 1.165) is 12.1 Å². The molecule has 0 amide bonds. The molecule has 0 saturated carbocycles. The van der Waals surface area contributed by atoms with Gasteiger partial charge in [-0.3, -0.25) is 0 Å². The lowest BCUT2D eigenvalue weighted by Crippen LogP contribution is -2.18. The van der Waals surface area contributed by atoms with Crippen molar-refractivity contribution in [1.82, 2.24) is 5.32 Å². The molecule has 1 N–H and O–H groups in total. The third kappa shape index (κ3) is 3.11. The van der Waals surface area contributed by atoms with Crippen LogP contribution < -0.4 is 5.32 Å². The summed E-state index contributed by atoms with van der Waals surface area (Å²) in [6.07, 6.45) is 0. The van der Waals surface area contributed by atoms with Crippen LogP contribution in [0.25, 0.3) is 10.8 Å². The molecule has 1 nitrogen and oxygen atoms in total. The Balaban J connectivity index is 1.77. The second-order valence-corrected chi connectivity index (χ2v) is 5.30. The van der Waals surface area contributed by atoms with Gasteiger partial charge in [0.2, 0.25) is 0 Å². The van der Waals surface area contributed by atoms with E-state index >= 15 is 0 Å². The van der Waals surface area contributed by atoms with Gasteiger partial charge in [-0.2, -0.15) is 0 Å². The van der Waals surface area contributed by atoms with Crippen LogP contribution in [-0.2, 0) is 6.54 Å². The summed E-state index contributed by atoms with van der Waals surface area (Å²) in [5, 5.41) is 5.98. The fourth-order valence-electron chi connectivity index (χ4n) is 2.60. The average molecular weight is 279 g/mol. The summed E-state index contributed by atoms with van der Waals surface area (Å²) in [7, 11) is 0. The maximum Gasteiger partial charge on any atom is 0.123 e. The van der Waals surface area contributed by atoms with E-state index in [-0.39, 0.29) is 11.9 Å². The minimum absolute atomic E-state index is 0.111. The number of halogens is 1. The fraction of sp³-hybridized carbons (Fsp3) is 0.158. The molecular weight excluding hydrogens is 261 g/mol. The Kier molecular flexibility index (Phi) is 3.98. The van der Waals surface area contributed by atoms with Gasteiger partial charge in [0.05, 0.1) is 0 Å². The highest BCUT2D eigenvalue weighted by Gasteiger charge is 2.07. The van der Waals surface area contributed by atoms with Crippen molar-refractivity contribution in [2.75, 3.05) is 0 Å². The third-order valence-corrected chi connectivity index (χ3v) is 3.83. The molecule has 1 atom stereocenters. The van der Waals surface area contributed by atoms with E-state index in [2.05, 4.69) is 54.7 Å². The van der Waals surface area contributed by atoms with Gasteiger partial charge in [0.15, 0.2) is 0 Å². The first-order chi connectivity index (χ1) is 10.2. The van der Waals surface area contributed by atoms with Gasteiger partial charge in [0.1, 0.15) is 5.82 Å². The van der Waals surface area contributed by atoms with Crippen LogP contribution in [0.15, 0.2) is 66.7 Å². The summed E-state index contributed by atoms with van der Waals surface area (Å²) < 4.78 is 13.3. The highest BCUT2D eigenvalue weighted by atomic mass is 19.1. The maximum atomic E-state index is 13.3. The zero-order chi connectivity index (χ0) is 14.7. The summed E-state index contributed by atoms with van der Waals surface area (Å²) in [5.41, 5.74) is 2.23. The molecule has 0 fully saturated rings. The maximum absolute atomic E-state index is 13.3. The Morgan fingerprint density at radius 3 is 2.57 bits per heavy atom. The normalized spacial score (nSPS) is 12.5. The molecule has 106 valence electrons. The van der Waals surface area contributed by atoms with E-state index in [0.29, 0.717) is 0 Å². The highest BCUT2D eigenvalue weighted by molar-refractivity contribution is 5.85. The van der Waals surface area contributed by atoms with Crippen molar-refractivity contribution in [1.29, 1.82) is 0 Å². The average Bonchev–Trinajstić information content (AvgIpc) is 2.52. The highest BCUT2D eigenvalue weighted by Crippen LogP contribution is 2.20. The Morgan fingerprint density at radius 1 is 0.952 bits per heavy atom. The Bertz CT molecular complexity index is 746. The van der Waals surface area contributed by atoms with E-state index in [9.17, 15) is 4.39 Å². The van der Waals surface area contributed by atoms with Crippen LogP contribution in [0, 0.1) is 5.82 Å². The summed E-state index contributed by atoms with van der Waals surface area (Å²) >= 11 is 0. The van der Waals surface area contributed by atoms with Gasteiger partial charge in [-0.15, -0.1) is 0 Å². The van der Waals surface area contributed by atoms with Crippen LogP contribution in [0.4, 0.5) is 4.39 Å². The molecule has 0 spiro atoms. The standard InChI is InChI=1S/C19H18FN/c1-14(16-8-5-10-18(20)12-16)21-13-17-9-4-7-15-6-2-3-11-19(15)17/h2-12,14,21H,13H2,1H3. The zero-order valence-corrected chi connectivity index (χ0v) is 12.0. The molecule has 0 bridgehead atoms. The molecule has 0 radical (unpaired) electrons. The minimum atomic E-state index is -0.189. The molecule has 0 aliphatic carbocycles. The van der Waals surface area contributed by atoms with Crippen molar-refractivity contribution in [2.24, 2.45) is 0 Å². The Labute approximate surface area is 124 Å². The minimum Gasteiger partial charge on any atom is -0.306 e. The Morgan fingerprint density at radius 2 is 1.71 bits per heavy atom. The number of fused-ring (bicyclic) bond motifs is 1. The van der Waals surface area contributed by atoms with Crippen LogP contribution >= 0.6 is 0 Å². The lowest BCUT2D eigenvalue weighted by Gasteiger charge is -2.15. The van der Waals surface area contributed by atoms with Gasteiger partial charge >= 0.3 is 0 Å². The van der Waals surface area contributed by atoms with E-state index in [1.54, 1.807) is 12.1 Å². The molecule has 0 aliphatic rings. The molecule has 0 heterocycles. The molecule has 3 aromatic rings. The van der Waals surface area contributed by atoms with E-state index in [1.807, 2.05) is 6.07 Å². The molecular formula is C19H18FN. The van der Waals surface area contributed by atoms with Crippen LogP contribution in [0.2, 0.25) is 0 Å². The molecule has 0 saturated heterocycles. The lowest BCUT2D eigenvalue weighted by atomic mass is 10.0. The first-order valence-electron chi connectivity index (χ1n) is 7.19. The molecule has 0 aliphatic heterocycles.